The molecule has 1 aliphatic heterocycles. The van der Waals surface area contributed by atoms with Gasteiger partial charge in [0.1, 0.15) is 0 Å². The molecule has 4 heteroatoms. The lowest BCUT2D eigenvalue weighted by Crippen LogP contribution is -2.42. The van der Waals surface area contributed by atoms with Crippen molar-refractivity contribution in [1.82, 2.24) is 4.98 Å². The minimum Gasteiger partial charge on any atom is -0.345 e. The third-order valence-corrected chi connectivity index (χ3v) is 5.06. The number of aryl methyl sites for hydroxylation is 1. The standard InChI is InChI=1S/C13H23N3S/c1-4-11-12(8-14)17-13(15-11)16-7-5-6-9(2)10(16)3/h9-10H,4-8,14H2,1-3H3. The zero-order valence-corrected chi connectivity index (χ0v) is 11.9. The lowest BCUT2D eigenvalue weighted by atomic mass is 9.93. The molecule has 17 heavy (non-hydrogen) atoms. The van der Waals surface area contributed by atoms with E-state index >= 15 is 0 Å². The molecule has 0 aliphatic carbocycles. The van der Waals surface area contributed by atoms with Crippen LogP contribution in [0.25, 0.3) is 0 Å². The molecule has 0 aromatic carbocycles. The summed E-state index contributed by atoms with van der Waals surface area (Å²) >= 11 is 1.79. The van der Waals surface area contributed by atoms with Crippen molar-refractivity contribution in [3.63, 3.8) is 0 Å². The Labute approximate surface area is 108 Å². The second-order valence-corrected chi connectivity index (χ2v) is 6.04. The van der Waals surface area contributed by atoms with Crippen molar-refractivity contribution in [2.24, 2.45) is 11.7 Å². The average molecular weight is 253 g/mol. The van der Waals surface area contributed by atoms with Crippen LogP contribution in [-0.2, 0) is 13.0 Å². The SMILES string of the molecule is CCc1nc(N2CCCC(C)C2C)sc1CN. The number of rotatable bonds is 3. The van der Waals surface area contributed by atoms with Crippen LogP contribution in [0.5, 0.6) is 0 Å². The summed E-state index contributed by atoms with van der Waals surface area (Å²) in [6, 6.07) is 0.602. The number of nitrogens with two attached hydrogens (primary N) is 1. The fraction of sp³-hybridized carbons (Fsp3) is 0.769. The Balaban J connectivity index is 2.23. The molecule has 1 fully saturated rings. The molecule has 0 bridgehead atoms. The Morgan fingerprint density at radius 2 is 2.24 bits per heavy atom. The Morgan fingerprint density at radius 1 is 1.47 bits per heavy atom. The number of aromatic nitrogens is 1. The smallest absolute Gasteiger partial charge is 0.186 e. The van der Waals surface area contributed by atoms with Crippen LogP contribution in [0, 0.1) is 5.92 Å². The zero-order valence-electron chi connectivity index (χ0n) is 11.1. The zero-order chi connectivity index (χ0) is 12.4. The Morgan fingerprint density at radius 3 is 2.82 bits per heavy atom. The molecule has 1 aromatic heterocycles. The third kappa shape index (κ3) is 2.47. The van der Waals surface area contributed by atoms with Gasteiger partial charge in [0, 0.05) is 24.0 Å². The lowest BCUT2D eigenvalue weighted by molar-refractivity contribution is 0.363. The molecular formula is C13H23N3S. The highest BCUT2D eigenvalue weighted by Gasteiger charge is 2.27. The van der Waals surface area contributed by atoms with E-state index in [0.29, 0.717) is 12.6 Å². The fourth-order valence-electron chi connectivity index (χ4n) is 2.53. The summed E-state index contributed by atoms with van der Waals surface area (Å²) in [4.78, 5) is 8.50. The van der Waals surface area contributed by atoms with Crippen LogP contribution in [0.15, 0.2) is 0 Å². The maximum absolute atomic E-state index is 5.78. The van der Waals surface area contributed by atoms with Crippen molar-refractivity contribution in [3.05, 3.63) is 10.6 Å². The van der Waals surface area contributed by atoms with Crippen LogP contribution < -0.4 is 10.6 Å². The summed E-state index contributed by atoms with van der Waals surface area (Å²) in [5.41, 5.74) is 6.98. The molecule has 1 aromatic rings. The Kier molecular flexibility index (Phi) is 4.05. The normalized spacial score (nSPS) is 25.3. The number of anilines is 1. The van der Waals surface area contributed by atoms with Gasteiger partial charge in [-0.3, -0.25) is 0 Å². The number of hydrogen-bond donors (Lipinski definition) is 1. The molecule has 2 atom stereocenters. The second kappa shape index (κ2) is 5.36. The van der Waals surface area contributed by atoms with E-state index in [9.17, 15) is 0 Å². The molecule has 2 N–H and O–H groups in total. The van der Waals surface area contributed by atoms with E-state index in [-0.39, 0.29) is 0 Å². The van der Waals surface area contributed by atoms with E-state index in [0.717, 1.165) is 18.9 Å². The van der Waals surface area contributed by atoms with Gasteiger partial charge in [0.2, 0.25) is 0 Å². The first kappa shape index (κ1) is 12.8. The van der Waals surface area contributed by atoms with E-state index in [1.165, 1.54) is 28.5 Å². The largest absolute Gasteiger partial charge is 0.345 e. The Hall–Kier alpha value is -0.610. The van der Waals surface area contributed by atoms with Crippen molar-refractivity contribution in [2.45, 2.75) is 52.6 Å². The first-order valence-corrected chi connectivity index (χ1v) is 7.44. The van der Waals surface area contributed by atoms with E-state index in [1.54, 1.807) is 11.3 Å². The van der Waals surface area contributed by atoms with Crippen molar-refractivity contribution >= 4 is 16.5 Å². The molecule has 0 amide bonds. The molecule has 2 unspecified atom stereocenters. The predicted octanol–water partition coefficient (Wildman–Crippen LogP) is 2.79. The van der Waals surface area contributed by atoms with Crippen LogP contribution in [0.3, 0.4) is 0 Å². The molecule has 0 saturated carbocycles. The molecule has 0 spiro atoms. The van der Waals surface area contributed by atoms with E-state index in [2.05, 4.69) is 25.7 Å². The van der Waals surface area contributed by atoms with Crippen LogP contribution in [0.1, 0.15) is 44.2 Å². The lowest BCUT2D eigenvalue weighted by Gasteiger charge is -2.37. The number of piperidine rings is 1. The summed E-state index contributed by atoms with van der Waals surface area (Å²) in [7, 11) is 0. The third-order valence-electron chi connectivity index (χ3n) is 3.91. The van der Waals surface area contributed by atoms with Gasteiger partial charge in [0.15, 0.2) is 5.13 Å². The topological polar surface area (TPSA) is 42.2 Å². The van der Waals surface area contributed by atoms with Crippen molar-refractivity contribution in [2.75, 3.05) is 11.4 Å². The number of thiazole rings is 1. The molecule has 96 valence electrons. The van der Waals surface area contributed by atoms with Gasteiger partial charge in [-0.25, -0.2) is 4.98 Å². The van der Waals surface area contributed by atoms with E-state index in [1.807, 2.05) is 0 Å². The molecule has 2 rings (SSSR count). The minimum absolute atomic E-state index is 0.602. The van der Waals surface area contributed by atoms with Gasteiger partial charge in [-0.15, -0.1) is 11.3 Å². The first-order valence-electron chi connectivity index (χ1n) is 6.62. The number of nitrogens with zero attached hydrogens (tertiary/aromatic N) is 2. The molecule has 0 radical (unpaired) electrons. The highest BCUT2D eigenvalue weighted by Crippen LogP contribution is 2.33. The molecule has 1 saturated heterocycles. The highest BCUT2D eigenvalue weighted by molar-refractivity contribution is 7.15. The summed E-state index contributed by atoms with van der Waals surface area (Å²) in [5.74, 6) is 0.763. The van der Waals surface area contributed by atoms with Gasteiger partial charge in [-0.2, -0.15) is 0 Å². The maximum Gasteiger partial charge on any atom is 0.186 e. The summed E-state index contributed by atoms with van der Waals surface area (Å²) < 4.78 is 0. The van der Waals surface area contributed by atoms with Crippen molar-refractivity contribution < 1.29 is 0 Å². The summed E-state index contributed by atoms with van der Waals surface area (Å²) in [6.07, 6.45) is 3.61. The number of hydrogen-bond acceptors (Lipinski definition) is 4. The quantitative estimate of drug-likeness (QED) is 0.900. The van der Waals surface area contributed by atoms with Gasteiger partial charge in [-0.05, 0) is 32.1 Å². The average Bonchev–Trinajstić information content (AvgIpc) is 2.75. The van der Waals surface area contributed by atoms with Crippen LogP contribution in [-0.4, -0.2) is 17.6 Å². The van der Waals surface area contributed by atoms with Gasteiger partial charge in [-0.1, -0.05) is 13.8 Å². The molecule has 2 heterocycles. The van der Waals surface area contributed by atoms with Crippen LogP contribution >= 0.6 is 11.3 Å². The van der Waals surface area contributed by atoms with Gasteiger partial charge in [0.25, 0.3) is 0 Å². The van der Waals surface area contributed by atoms with Crippen LogP contribution in [0.4, 0.5) is 5.13 Å². The van der Waals surface area contributed by atoms with Crippen molar-refractivity contribution in [3.8, 4) is 0 Å². The van der Waals surface area contributed by atoms with Gasteiger partial charge >= 0.3 is 0 Å². The van der Waals surface area contributed by atoms with Crippen LogP contribution in [0.2, 0.25) is 0 Å². The second-order valence-electron chi connectivity index (χ2n) is 4.98. The fourth-order valence-corrected chi connectivity index (χ4v) is 3.68. The summed E-state index contributed by atoms with van der Waals surface area (Å²) in [5, 5.41) is 1.18. The van der Waals surface area contributed by atoms with Gasteiger partial charge < -0.3 is 10.6 Å². The van der Waals surface area contributed by atoms with E-state index in [4.69, 9.17) is 10.7 Å². The highest BCUT2D eigenvalue weighted by atomic mass is 32.1. The summed E-state index contributed by atoms with van der Waals surface area (Å²) in [6.45, 7) is 8.58. The monoisotopic (exact) mass is 253 g/mol. The predicted molar refractivity (Wildman–Crippen MR) is 74.6 cm³/mol. The molecule has 3 nitrogen and oxygen atoms in total. The van der Waals surface area contributed by atoms with Crippen molar-refractivity contribution in [1.29, 1.82) is 0 Å². The molecular weight excluding hydrogens is 230 g/mol. The first-order chi connectivity index (χ1) is 8.17. The minimum atomic E-state index is 0.602. The molecule has 1 aliphatic rings. The van der Waals surface area contributed by atoms with E-state index < -0.39 is 0 Å². The maximum atomic E-state index is 5.78. The Bertz CT molecular complexity index is 353. The van der Waals surface area contributed by atoms with Gasteiger partial charge in [0.05, 0.1) is 5.69 Å².